The van der Waals surface area contributed by atoms with Gasteiger partial charge in [0, 0.05) is 42.3 Å². The number of rotatable bonds is 3. The number of aryl methyl sites for hydroxylation is 1. The van der Waals surface area contributed by atoms with Gasteiger partial charge in [0.2, 0.25) is 0 Å². The fourth-order valence-corrected chi connectivity index (χ4v) is 3.74. The quantitative estimate of drug-likeness (QED) is 0.498. The van der Waals surface area contributed by atoms with Crippen LogP contribution in [-0.4, -0.2) is 39.9 Å². The van der Waals surface area contributed by atoms with Crippen LogP contribution in [-0.2, 0) is 7.05 Å². The third-order valence-electron chi connectivity index (χ3n) is 5.16. The summed E-state index contributed by atoms with van der Waals surface area (Å²) in [4.78, 5) is 17.1. The maximum atomic E-state index is 4.71. The summed E-state index contributed by atoms with van der Waals surface area (Å²) in [5, 5.41) is 12.6. The molecule has 8 nitrogen and oxygen atoms in total. The van der Waals surface area contributed by atoms with Crippen LogP contribution in [0.15, 0.2) is 55.1 Å². The molecule has 0 unspecified atom stereocenters. The number of H-pyrrole nitrogens is 2. The lowest BCUT2D eigenvalue weighted by Crippen LogP contribution is -1.85. The van der Waals surface area contributed by atoms with Gasteiger partial charge in [-0.15, -0.1) is 0 Å². The first-order valence-electron chi connectivity index (χ1n) is 9.31. The molecule has 1 aliphatic carbocycles. The van der Waals surface area contributed by atoms with Crippen LogP contribution in [0.2, 0.25) is 0 Å². The summed E-state index contributed by atoms with van der Waals surface area (Å²) in [7, 11) is 1.90. The minimum Gasteiger partial charge on any atom is -0.335 e. The molecule has 0 fully saturated rings. The average molecular weight is 380 g/mol. The van der Waals surface area contributed by atoms with Crippen molar-refractivity contribution in [2.75, 3.05) is 0 Å². The van der Waals surface area contributed by atoms with Crippen molar-refractivity contribution in [1.29, 1.82) is 0 Å². The van der Waals surface area contributed by atoms with E-state index in [0.717, 1.165) is 39.7 Å². The standard InChI is InChI=1S/C21H16N8/c1-29-11-14(10-24-29)13-8-16-18(27-28-19(16)23-9-13)21-25-17-15(12-4-2-3-5-12)6-7-22-20(17)26-21/h2,4-11H,3H2,1H3,(H,22,25,26)(H,23,27,28). The van der Waals surface area contributed by atoms with Gasteiger partial charge in [0.15, 0.2) is 17.1 Å². The van der Waals surface area contributed by atoms with Crippen molar-refractivity contribution in [2.45, 2.75) is 6.42 Å². The van der Waals surface area contributed by atoms with Crippen molar-refractivity contribution in [1.82, 2.24) is 39.9 Å². The van der Waals surface area contributed by atoms with E-state index in [4.69, 9.17) is 4.98 Å². The second kappa shape index (κ2) is 5.96. The van der Waals surface area contributed by atoms with Crippen molar-refractivity contribution < 1.29 is 0 Å². The van der Waals surface area contributed by atoms with Crippen LogP contribution in [0.1, 0.15) is 12.0 Å². The van der Waals surface area contributed by atoms with Gasteiger partial charge in [-0.25, -0.2) is 15.0 Å². The molecule has 5 aromatic heterocycles. The highest BCUT2D eigenvalue weighted by Crippen LogP contribution is 2.31. The van der Waals surface area contributed by atoms with E-state index in [-0.39, 0.29) is 0 Å². The number of hydrogen-bond acceptors (Lipinski definition) is 5. The van der Waals surface area contributed by atoms with Crippen molar-refractivity contribution >= 4 is 27.8 Å². The van der Waals surface area contributed by atoms with E-state index in [1.54, 1.807) is 17.1 Å². The number of pyridine rings is 2. The Bertz CT molecular complexity index is 1450. The molecule has 0 amide bonds. The number of hydrogen-bond donors (Lipinski definition) is 2. The van der Waals surface area contributed by atoms with Crippen molar-refractivity contribution in [3.05, 3.63) is 60.7 Å². The molecule has 5 aromatic rings. The predicted molar refractivity (Wildman–Crippen MR) is 111 cm³/mol. The highest BCUT2D eigenvalue weighted by atomic mass is 15.2. The Kier molecular flexibility index (Phi) is 3.28. The Balaban J connectivity index is 1.52. The highest BCUT2D eigenvalue weighted by Gasteiger charge is 2.17. The smallest absolute Gasteiger partial charge is 0.181 e. The van der Waals surface area contributed by atoms with E-state index in [0.29, 0.717) is 17.1 Å². The molecule has 5 heterocycles. The number of nitrogens with zero attached hydrogens (tertiary/aromatic N) is 6. The maximum Gasteiger partial charge on any atom is 0.181 e. The number of aromatic nitrogens is 8. The van der Waals surface area contributed by atoms with Crippen LogP contribution < -0.4 is 0 Å². The normalized spacial score (nSPS) is 13.6. The minimum atomic E-state index is 0.641. The highest BCUT2D eigenvalue weighted by molar-refractivity contribution is 5.96. The fourth-order valence-electron chi connectivity index (χ4n) is 3.74. The first-order valence-corrected chi connectivity index (χ1v) is 9.31. The molecule has 29 heavy (non-hydrogen) atoms. The van der Waals surface area contributed by atoms with Gasteiger partial charge in [0.25, 0.3) is 0 Å². The van der Waals surface area contributed by atoms with Crippen molar-refractivity contribution in [3.63, 3.8) is 0 Å². The molecule has 0 saturated heterocycles. The van der Waals surface area contributed by atoms with Crippen LogP contribution in [0.3, 0.4) is 0 Å². The van der Waals surface area contributed by atoms with E-state index in [2.05, 4.69) is 54.5 Å². The average Bonchev–Trinajstić information content (AvgIpc) is 3.51. The lowest BCUT2D eigenvalue weighted by atomic mass is 10.1. The van der Waals surface area contributed by atoms with E-state index in [1.807, 2.05) is 25.5 Å². The fraction of sp³-hybridized carbons (Fsp3) is 0.0952. The predicted octanol–water partition coefficient (Wildman–Crippen LogP) is 3.64. The number of nitrogens with one attached hydrogen (secondary N) is 2. The van der Waals surface area contributed by atoms with Gasteiger partial charge in [-0.1, -0.05) is 18.2 Å². The first kappa shape index (κ1) is 15.9. The van der Waals surface area contributed by atoms with Gasteiger partial charge in [-0.05, 0) is 24.1 Å². The lowest BCUT2D eigenvalue weighted by molar-refractivity contribution is 0.768. The Morgan fingerprint density at radius 3 is 2.90 bits per heavy atom. The van der Waals surface area contributed by atoms with Crippen molar-refractivity contribution in [2.24, 2.45) is 7.05 Å². The summed E-state index contributed by atoms with van der Waals surface area (Å²) >= 11 is 0. The Morgan fingerprint density at radius 2 is 2.07 bits per heavy atom. The van der Waals surface area contributed by atoms with E-state index in [1.165, 1.54) is 5.57 Å². The molecule has 0 bridgehead atoms. The number of imidazole rings is 1. The SMILES string of the molecule is Cn1cc(-c2cnc3n[nH]c(-c4nc5nccc(C6=CCC=C6)c5[nH]4)c3c2)cn1. The zero-order valence-corrected chi connectivity index (χ0v) is 15.6. The topological polar surface area (TPSA) is 101 Å². The van der Waals surface area contributed by atoms with Crippen LogP contribution in [0, 0.1) is 0 Å². The molecule has 2 N–H and O–H groups in total. The van der Waals surface area contributed by atoms with Crippen molar-refractivity contribution in [3.8, 4) is 22.6 Å². The van der Waals surface area contributed by atoms with E-state index in [9.17, 15) is 0 Å². The molecule has 0 radical (unpaired) electrons. The molecular weight excluding hydrogens is 364 g/mol. The Hall–Kier alpha value is -4.07. The third-order valence-corrected chi connectivity index (χ3v) is 5.16. The summed E-state index contributed by atoms with van der Waals surface area (Å²) in [6, 6.07) is 4.07. The molecule has 140 valence electrons. The summed E-state index contributed by atoms with van der Waals surface area (Å²) in [6.45, 7) is 0. The van der Waals surface area contributed by atoms with Crippen LogP contribution >= 0.6 is 0 Å². The van der Waals surface area contributed by atoms with Gasteiger partial charge in [-0.3, -0.25) is 9.78 Å². The number of allylic oxidation sites excluding steroid dienone is 4. The molecule has 0 atom stereocenters. The zero-order valence-electron chi connectivity index (χ0n) is 15.6. The van der Waals surface area contributed by atoms with E-state index < -0.39 is 0 Å². The van der Waals surface area contributed by atoms with Gasteiger partial charge in [0.1, 0.15) is 5.69 Å². The lowest BCUT2D eigenvalue weighted by Gasteiger charge is -2.00. The first-order chi connectivity index (χ1) is 14.3. The minimum absolute atomic E-state index is 0.641. The summed E-state index contributed by atoms with van der Waals surface area (Å²) in [6.07, 6.45) is 14.8. The summed E-state index contributed by atoms with van der Waals surface area (Å²) < 4.78 is 1.77. The summed E-state index contributed by atoms with van der Waals surface area (Å²) in [5.41, 5.74) is 7.29. The van der Waals surface area contributed by atoms with Crippen LogP contribution in [0.25, 0.3) is 50.4 Å². The van der Waals surface area contributed by atoms with Gasteiger partial charge in [0.05, 0.1) is 17.1 Å². The molecular formula is C21H16N8. The number of fused-ring (bicyclic) bond motifs is 2. The molecule has 8 heteroatoms. The maximum absolute atomic E-state index is 4.71. The van der Waals surface area contributed by atoms with E-state index >= 15 is 0 Å². The van der Waals surface area contributed by atoms with Crippen LogP contribution in [0.5, 0.6) is 0 Å². The monoisotopic (exact) mass is 380 g/mol. The molecule has 0 spiro atoms. The Morgan fingerprint density at radius 1 is 1.10 bits per heavy atom. The number of aromatic amines is 2. The molecule has 0 aromatic carbocycles. The largest absolute Gasteiger partial charge is 0.335 e. The summed E-state index contributed by atoms with van der Waals surface area (Å²) in [5.74, 6) is 0.690. The third kappa shape index (κ3) is 2.49. The second-order valence-electron chi connectivity index (χ2n) is 7.04. The second-order valence-corrected chi connectivity index (χ2v) is 7.04. The Labute approximate surface area is 165 Å². The van der Waals surface area contributed by atoms with Gasteiger partial charge < -0.3 is 4.98 Å². The molecule has 1 aliphatic rings. The van der Waals surface area contributed by atoms with Crippen LogP contribution in [0.4, 0.5) is 0 Å². The van der Waals surface area contributed by atoms with Gasteiger partial charge >= 0.3 is 0 Å². The molecule has 0 aliphatic heterocycles. The molecule has 0 saturated carbocycles. The van der Waals surface area contributed by atoms with Gasteiger partial charge in [-0.2, -0.15) is 10.2 Å². The molecule has 6 rings (SSSR count). The zero-order chi connectivity index (χ0) is 19.4.